The van der Waals surface area contributed by atoms with Crippen LogP contribution in [0.5, 0.6) is 0 Å². The molecule has 7 nitrogen and oxygen atoms in total. The Kier molecular flexibility index (Phi) is 6.52. The summed E-state index contributed by atoms with van der Waals surface area (Å²) in [6.45, 7) is 3.57. The number of ether oxygens (including phenoxy) is 2. The first-order valence-corrected chi connectivity index (χ1v) is 7.54. The average Bonchev–Trinajstić information content (AvgIpc) is 2.92. The maximum absolute atomic E-state index is 12.1. The largest absolute Gasteiger partial charge is 0.382 e. The Morgan fingerprint density at radius 1 is 1.30 bits per heavy atom. The van der Waals surface area contributed by atoms with E-state index >= 15 is 0 Å². The fourth-order valence-corrected chi connectivity index (χ4v) is 2.05. The quantitative estimate of drug-likeness (QED) is 0.740. The summed E-state index contributed by atoms with van der Waals surface area (Å²) >= 11 is 5.95. The Balaban J connectivity index is 1.94. The lowest BCUT2D eigenvalue weighted by atomic mass is 10.3. The summed E-state index contributed by atoms with van der Waals surface area (Å²) < 4.78 is 10.1. The van der Waals surface area contributed by atoms with E-state index in [2.05, 4.69) is 15.5 Å². The van der Waals surface area contributed by atoms with Gasteiger partial charge in [0.2, 0.25) is 0 Å². The van der Waals surface area contributed by atoms with Crippen LogP contribution in [0.25, 0.3) is 5.69 Å². The van der Waals surface area contributed by atoms with Crippen molar-refractivity contribution in [3.8, 4) is 5.69 Å². The van der Waals surface area contributed by atoms with Crippen molar-refractivity contribution in [2.45, 2.75) is 6.92 Å². The molecule has 0 bridgehead atoms. The molecule has 0 fully saturated rings. The predicted molar refractivity (Wildman–Crippen MR) is 86.1 cm³/mol. The van der Waals surface area contributed by atoms with Gasteiger partial charge in [0.1, 0.15) is 0 Å². The smallest absolute Gasteiger partial charge is 0.273 e. The first-order valence-electron chi connectivity index (χ1n) is 7.16. The lowest BCUT2D eigenvalue weighted by Gasteiger charge is -2.04. The molecule has 0 aliphatic heterocycles. The number of carbonyl (C=O) groups excluding carboxylic acids is 1. The van der Waals surface area contributed by atoms with E-state index in [9.17, 15) is 4.79 Å². The summed E-state index contributed by atoms with van der Waals surface area (Å²) in [5.41, 5.74) is 1.52. The Morgan fingerprint density at radius 2 is 2.13 bits per heavy atom. The molecule has 0 atom stereocenters. The molecule has 0 saturated carbocycles. The van der Waals surface area contributed by atoms with E-state index in [4.69, 9.17) is 21.1 Å². The van der Waals surface area contributed by atoms with E-state index in [-0.39, 0.29) is 11.6 Å². The van der Waals surface area contributed by atoms with E-state index < -0.39 is 0 Å². The van der Waals surface area contributed by atoms with Gasteiger partial charge in [0, 0.05) is 18.7 Å². The molecule has 1 aromatic carbocycles. The number of methoxy groups -OCH3 is 1. The number of aromatic nitrogens is 3. The molecule has 2 aromatic rings. The Morgan fingerprint density at radius 3 is 2.87 bits per heavy atom. The Labute approximate surface area is 139 Å². The maximum Gasteiger partial charge on any atom is 0.273 e. The number of hydrogen-bond donors (Lipinski definition) is 1. The molecule has 0 aliphatic carbocycles. The maximum atomic E-state index is 12.1. The lowest BCUT2D eigenvalue weighted by Crippen LogP contribution is -2.28. The number of benzene rings is 1. The van der Waals surface area contributed by atoms with Crippen LogP contribution in [0, 0.1) is 6.92 Å². The van der Waals surface area contributed by atoms with Crippen LogP contribution in [-0.4, -0.2) is 54.4 Å². The zero-order valence-electron chi connectivity index (χ0n) is 13.1. The van der Waals surface area contributed by atoms with Crippen molar-refractivity contribution in [2.75, 3.05) is 33.5 Å². The molecule has 2 rings (SSSR count). The molecular formula is C15H19ClN4O3. The minimum atomic E-state index is -0.286. The number of aryl methyl sites for hydroxylation is 1. The average molecular weight is 339 g/mol. The zero-order valence-corrected chi connectivity index (χ0v) is 13.8. The molecule has 1 N–H and O–H groups in total. The van der Waals surface area contributed by atoms with Crippen LogP contribution < -0.4 is 5.32 Å². The Hall–Kier alpha value is -1.96. The first-order chi connectivity index (χ1) is 11.1. The monoisotopic (exact) mass is 338 g/mol. The topological polar surface area (TPSA) is 78.3 Å². The van der Waals surface area contributed by atoms with E-state index in [0.29, 0.717) is 42.8 Å². The molecular weight excluding hydrogens is 320 g/mol. The van der Waals surface area contributed by atoms with Crippen molar-refractivity contribution in [3.63, 3.8) is 0 Å². The number of rotatable bonds is 8. The molecule has 0 radical (unpaired) electrons. The molecule has 0 unspecified atom stereocenters. The summed E-state index contributed by atoms with van der Waals surface area (Å²) in [5, 5.41) is 11.8. The van der Waals surface area contributed by atoms with Crippen LogP contribution in [0.3, 0.4) is 0 Å². The number of carbonyl (C=O) groups is 1. The fraction of sp³-hybridized carbons (Fsp3) is 0.400. The van der Waals surface area contributed by atoms with Gasteiger partial charge in [-0.25, -0.2) is 0 Å². The molecule has 1 aromatic heterocycles. The summed E-state index contributed by atoms with van der Waals surface area (Å²) in [5.74, 6) is -0.286. The summed E-state index contributed by atoms with van der Waals surface area (Å²) in [7, 11) is 1.61. The highest BCUT2D eigenvalue weighted by Gasteiger charge is 2.16. The number of hydrogen-bond acceptors (Lipinski definition) is 5. The highest BCUT2D eigenvalue weighted by Crippen LogP contribution is 2.14. The highest BCUT2D eigenvalue weighted by atomic mass is 35.5. The molecule has 1 heterocycles. The van der Waals surface area contributed by atoms with Gasteiger partial charge in [-0.15, -0.1) is 5.10 Å². The number of nitrogens with one attached hydrogen (secondary N) is 1. The van der Waals surface area contributed by atoms with Gasteiger partial charge < -0.3 is 14.8 Å². The molecule has 0 saturated heterocycles. The molecule has 8 heteroatoms. The van der Waals surface area contributed by atoms with Crippen LogP contribution in [0.1, 0.15) is 16.2 Å². The first kappa shape index (κ1) is 17.4. The SMILES string of the molecule is COCCOCCNC(=O)c1nn(-c2cccc(Cl)c2)nc1C. The fourth-order valence-electron chi connectivity index (χ4n) is 1.87. The Bertz CT molecular complexity index is 660. The normalized spacial score (nSPS) is 10.7. The minimum Gasteiger partial charge on any atom is -0.382 e. The van der Waals surface area contributed by atoms with Gasteiger partial charge in [0.25, 0.3) is 5.91 Å². The van der Waals surface area contributed by atoms with Gasteiger partial charge in [-0.2, -0.15) is 9.90 Å². The van der Waals surface area contributed by atoms with Gasteiger partial charge in [0.05, 0.1) is 31.2 Å². The van der Waals surface area contributed by atoms with Gasteiger partial charge in [-0.05, 0) is 25.1 Å². The van der Waals surface area contributed by atoms with Crippen LogP contribution in [0.2, 0.25) is 5.02 Å². The van der Waals surface area contributed by atoms with Gasteiger partial charge in [0.15, 0.2) is 5.69 Å². The molecule has 0 spiro atoms. The highest BCUT2D eigenvalue weighted by molar-refractivity contribution is 6.30. The predicted octanol–water partition coefficient (Wildman–Crippen LogP) is 1.62. The van der Waals surface area contributed by atoms with Crippen LogP contribution in [0.15, 0.2) is 24.3 Å². The third-order valence-corrected chi connectivity index (χ3v) is 3.24. The van der Waals surface area contributed by atoms with Crippen LogP contribution in [0.4, 0.5) is 0 Å². The number of nitrogens with zero attached hydrogens (tertiary/aromatic N) is 3. The van der Waals surface area contributed by atoms with Crippen molar-refractivity contribution in [1.29, 1.82) is 0 Å². The van der Waals surface area contributed by atoms with E-state index in [1.165, 1.54) is 4.80 Å². The van der Waals surface area contributed by atoms with Crippen LogP contribution >= 0.6 is 11.6 Å². The number of halogens is 1. The van der Waals surface area contributed by atoms with Crippen molar-refractivity contribution in [1.82, 2.24) is 20.3 Å². The minimum absolute atomic E-state index is 0.280. The molecule has 0 aliphatic rings. The van der Waals surface area contributed by atoms with E-state index in [1.54, 1.807) is 32.2 Å². The lowest BCUT2D eigenvalue weighted by molar-refractivity contribution is 0.0691. The molecule has 23 heavy (non-hydrogen) atoms. The third kappa shape index (κ3) is 5.02. The van der Waals surface area contributed by atoms with E-state index in [0.717, 1.165) is 0 Å². The third-order valence-electron chi connectivity index (χ3n) is 3.00. The molecule has 1 amide bonds. The zero-order chi connectivity index (χ0) is 16.7. The van der Waals surface area contributed by atoms with Crippen molar-refractivity contribution >= 4 is 17.5 Å². The van der Waals surface area contributed by atoms with Crippen LogP contribution in [-0.2, 0) is 9.47 Å². The van der Waals surface area contributed by atoms with Gasteiger partial charge in [-0.1, -0.05) is 17.7 Å². The second-order valence-corrected chi connectivity index (χ2v) is 5.20. The summed E-state index contributed by atoms with van der Waals surface area (Å²) in [4.78, 5) is 13.5. The van der Waals surface area contributed by atoms with Crippen molar-refractivity contribution < 1.29 is 14.3 Å². The summed E-state index contributed by atoms with van der Waals surface area (Å²) in [6.07, 6.45) is 0. The standard InChI is InChI=1S/C15H19ClN4O3/c1-11-14(15(21)17-6-7-23-9-8-22-2)19-20(18-11)13-5-3-4-12(16)10-13/h3-5,10H,6-9H2,1-2H3,(H,17,21). The van der Waals surface area contributed by atoms with E-state index in [1.807, 2.05) is 6.07 Å². The second kappa shape index (κ2) is 8.61. The van der Waals surface area contributed by atoms with Crippen molar-refractivity contribution in [2.24, 2.45) is 0 Å². The van der Waals surface area contributed by atoms with Gasteiger partial charge >= 0.3 is 0 Å². The van der Waals surface area contributed by atoms with Crippen molar-refractivity contribution in [3.05, 3.63) is 40.7 Å². The second-order valence-electron chi connectivity index (χ2n) is 4.76. The molecule has 124 valence electrons. The summed E-state index contributed by atoms with van der Waals surface area (Å²) in [6, 6.07) is 7.11. The number of amides is 1. The van der Waals surface area contributed by atoms with Gasteiger partial charge in [-0.3, -0.25) is 4.79 Å².